The molecule has 5 nitrogen and oxygen atoms in total. The quantitative estimate of drug-likeness (QED) is 0.785. The summed E-state index contributed by atoms with van der Waals surface area (Å²) in [7, 11) is -2.63. The van der Waals surface area contributed by atoms with E-state index in [2.05, 4.69) is 9.46 Å². The molecule has 124 valence electrons. The molecular weight excluding hydrogens is 358 g/mol. The monoisotopic (exact) mass is 373 g/mol. The van der Waals surface area contributed by atoms with Gasteiger partial charge in [-0.25, -0.2) is 17.9 Å². The van der Waals surface area contributed by atoms with Crippen molar-refractivity contribution in [2.75, 3.05) is 7.11 Å². The van der Waals surface area contributed by atoms with Crippen LogP contribution >= 0.6 is 22.9 Å². The molecule has 1 heterocycles. The number of sulfonamides is 1. The van der Waals surface area contributed by atoms with Gasteiger partial charge >= 0.3 is 5.97 Å². The predicted molar refractivity (Wildman–Crippen MR) is 90.5 cm³/mol. The van der Waals surface area contributed by atoms with Crippen molar-refractivity contribution in [1.29, 1.82) is 0 Å². The second kappa shape index (κ2) is 7.44. The summed E-state index contributed by atoms with van der Waals surface area (Å²) in [4.78, 5) is 11.7. The number of carbonyl (C=O) groups is 1. The Bertz CT molecular complexity index is 784. The maximum atomic E-state index is 12.6. The van der Waals surface area contributed by atoms with Crippen molar-refractivity contribution < 1.29 is 17.9 Å². The van der Waals surface area contributed by atoms with E-state index in [9.17, 15) is 13.2 Å². The van der Waals surface area contributed by atoms with Crippen molar-refractivity contribution in [2.24, 2.45) is 0 Å². The normalized spacial score (nSPS) is 12.8. The second-order valence-corrected chi connectivity index (χ2v) is 7.77. The molecule has 0 spiro atoms. The lowest BCUT2D eigenvalue weighted by Crippen LogP contribution is -2.29. The largest absolute Gasteiger partial charge is 0.465 e. The maximum absolute atomic E-state index is 12.6. The van der Waals surface area contributed by atoms with E-state index < -0.39 is 22.0 Å². The van der Waals surface area contributed by atoms with Gasteiger partial charge in [-0.15, -0.1) is 11.3 Å². The first kappa shape index (κ1) is 17.9. The number of benzene rings is 1. The zero-order chi connectivity index (χ0) is 17.0. The van der Waals surface area contributed by atoms with Crippen LogP contribution in [0.1, 0.15) is 34.6 Å². The molecule has 0 amide bonds. The molecule has 0 aliphatic rings. The summed E-state index contributed by atoms with van der Waals surface area (Å²) in [5.74, 6) is -0.667. The summed E-state index contributed by atoms with van der Waals surface area (Å²) in [5, 5.41) is 2.13. The Hall–Kier alpha value is -1.41. The van der Waals surface area contributed by atoms with Gasteiger partial charge in [0.05, 0.1) is 7.11 Å². The van der Waals surface area contributed by atoms with Crippen molar-refractivity contribution in [2.45, 2.75) is 24.3 Å². The fraction of sp³-hybridized carbons (Fsp3) is 0.267. The molecule has 0 saturated carbocycles. The topological polar surface area (TPSA) is 72.5 Å². The summed E-state index contributed by atoms with van der Waals surface area (Å²) in [5.41, 5.74) is 0.801. The Balaban J connectivity index is 2.31. The number of thiophene rings is 1. The molecule has 0 saturated heterocycles. The maximum Gasteiger partial charge on any atom is 0.349 e. The zero-order valence-electron chi connectivity index (χ0n) is 12.6. The molecule has 2 aromatic rings. The highest BCUT2D eigenvalue weighted by Crippen LogP contribution is 2.26. The molecule has 1 N–H and O–H groups in total. The van der Waals surface area contributed by atoms with Gasteiger partial charge in [0.2, 0.25) is 10.0 Å². The Morgan fingerprint density at radius 2 is 1.96 bits per heavy atom. The Labute approximate surface area is 144 Å². The van der Waals surface area contributed by atoms with Crippen LogP contribution in [0.2, 0.25) is 5.02 Å². The Kier molecular flexibility index (Phi) is 5.80. The van der Waals surface area contributed by atoms with Gasteiger partial charge in [-0.3, -0.25) is 0 Å². The zero-order valence-corrected chi connectivity index (χ0v) is 15.0. The minimum absolute atomic E-state index is 0.0611. The van der Waals surface area contributed by atoms with Crippen LogP contribution < -0.4 is 4.72 Å². The number of rotatable bonds is 6. The smallest absolute Gasteiger partial charge is 0.349 e. The molecule has 1 aromatic carbocycles. The third-order valence-corrected chi connectivity index (χ3v) is 6.06. The third-order valence-electron chi connectivity index (χ3n) is 3.27. The van der Waals surface area contributed by atoms with Crippen LogP contribution in [-0.4, -0.2) is 21.5 Å². The first-order valence-electron chi connectivity index (χ1n) is 6.82. The number of ether oxygens (including phenoxy) is 1. The van der Waals surface area contributed by atoms with Crippen LogP contribution in [0.25, 0.3) is 0 Å². The van der Waals surface area contributed by atoms with Crippen LogP contribution in [0.15, 0.2) is 40.6 Å². The van der Waals surface area contributed by atoms with E-state index in [0.29, 0.717) is 11.4 Å². The minimum atomic E-state index is -3.85. The van der Waals surface area contributed by atoms with Gasteiger partial charge in [0.1, 0.15) is 9.77 Å². The van der Waals surface area contributed by atoms with Crippen molar-refractivity contribution in [3.8, 4) is 0 Å². The lowest BCUT2D eigenvalue weighted by atomic mass is 10.1. The van der Waals surface area contributed by atoms with E-state index in [4.69, 9.17) is 11.6 Å². The average molecular weight is 374 g/mol. The van der Waals surface area contributed by atoms with Crippen molar-refractivity contribution in [3.63, 3.8) is 0 Å². The van der Waals surface area contributed by atoms with Gasteiger partial charge in [-0.05, 0) is 35.6 Å². The number of halogens is 1. The number of esters is 1. The number of methoxy groups -OCH3 is 1. The fourth-order valence-corrected chi connectivity index (χ4v) is 4.85. The molecule has 1 unspecified atom stereocenters. The Morgan fingerprint density at radius 1 is 1.30 bits per heavy atom. The molecule has 1 atom stereocenters. The lowest BCUT2D eigenvalue weighted by Gasteiger charge is -2.17. The molecule has 2 rings (SSSR count). The van der Waals surface area contributed by atoms with Gasteiger partial charge < -0.3 is 4.74 Å². The molecule has 23 heavy (non-hydrogen) atoms. The van der Waals surface area contributed by atoms with Gasteiger partial charge in [0, 0.05) is 11.1 Å². The third kappa shape index (κ3) is 4.11. The minimum Gasteiger partial charge on any atom is -0.465 e. The standard InChI is InChI=1S/C15H16ClNO4S2/c1-3-12(10-4-6-11(16)7-5-10)17-23(19,20)13-8-9-22-14(13)15(18)21-2/h4-9,12,17H,3H2,1-2H3. The van der Waals surface area contributed by atoms with Crippen LogP contribution in [0.5, 0.6) is 0 Å². The van der Waals surface area contributed by atoms with Crippen LogP contribution in [-0.2, 0) is 14.8 Å². The van der Waals surface area contributed by atoms with Gasteiger partial charge in [-0.2, -0.15) is 0 Å². The van der Waals surface area contributed by atoms with Gasteiger partial charge in [0.15, 0.2) is 0 Å². The molecular formula is C15H16ClNO4S2. The average Bonchev–Trinajstić information content (AvgIpc) is 3.03. The number of hydrogen-bond donors (Lipinski definition) is 1. The predicted octanol–water partition coefficient (Wildman–Crippen LogP) is 3.62. The summed E-state index contributed by atoms with van der Waals surface area (Å²) in [6, 6.07) is 7.94. The van der Waals surface area contributed by atoms with Crippen LogP contribution in [0.3, 0.4) is 0 Å². The van der Waals surface area contributed by atoms with E-state index >= 15 is 0 Å². The van der Waals surface area contributed by atoms with E-state index in [0.717, 1.165) is 16.9 Å². The van der Waals surface area contributed by atoms with E-state index in [1.165, 1.54) is 13.2 Å². The van der Waals surface area contributed by atoms with Crippen LogP contribution in [0, 0.1) is 0 Å². The molecule has 8 heteroatoms. The molecule has 0 aliphatic carbocycles. The summed E-state index contributed by atoms with van der Waals surface area (Å²) in [6.07, 6.45) is 0.554. The summed E-state index contributed by atoms with van der Waals surface area (Å²) in [6.45, 7) is 1.87. The lowest BCUT2D eigenvalue weighted by molar-refractivity contribution is 0.0602. The van der Waals surface area contributed by atoms with Crippen LogP contribution in [0.4, 0.5) is 0 Å². The van der Waals surface area contributed by atoms with Crippen molar-refractivity contribution in [1.82, 2.24) is 4.72 Å². The molecule has 1 aromatic heterocycles. The SMILES string of the molecule is CCC(NS(=O)(=O)c1ccsc1C(=O)OC)c1ccc(Cl)cc1. The van der Waals surface area contributed by atoms with Crippen molar-refractivity contribution >= 4 is 38.9 Å². The molecule has 0 bridgehead atoms. The van der Waals surface area contributed by atoms with Gasteiger partial charge in [-0.1, -0.05) is 30.7 Å². The number of nitrogens with one attached hydrogen (secondary N) is 1. The van der Waals surface area contributed by atoms with Gasteiger partial charge in [0.25, 0.3) is 0 Å². The summed E-state index contributed by atoms with van der Waals surface area (Å²) < 4.78 is 32.5. The number of carbonyl (C=O) groups excluding carboxylic acids is 1. The molecule has 0 fully saturated rings. The fourth-order valence-electron chi connectivity index (χ4n) is 2.08. The first-order chi connectivity index (χ1) is 10.9. The first-order valence-corrected chi connectivity index (χ1v) is 9.56. The Morgan fingerprint density at radius 3 is 2.52 bits per heavy atom. The number of hydrogen-bond acceptors (Lipinski definition) is 5. The summed E-state index contributed by atoms with van der Waals surface area (Å²) >= 11 is 6.89. The van der Waals surface area contributed by atoms with E-state index in [1.807, 2.05) is 6.92 Å². The highest BCUT2D eigenvalue weighted by molar-refractivity contribution is 7.89. The molecule has 0 radical (unpaired) electrons. The highest BCUT2D eigenvalue weighted by Gasteiger charge is 2.27. The molecule has 0 aliphatic heterocycles. The highest BCUT2D eigenvalue weighted by atomic mass is 35.5. The van der Waals surface area contributed by atoms with E-state index in [-0.39, 0.29) is 9.77 Å². The van der Waals surface area contributed by atoms with Crippen molar-refractivity contribution in [3.05, 3.63) is 51.2 Å². The second-order valence-electron chi connectivity index (χ2n) is 4.74. The van der Waals surface area contributed by atoms with E-state index in [1.54, 1.807) is 29.6 Å².